The van der Waals surface area contributed by atoms with Crippen LogP contribution in [-0.2, 0) is 10.2 Å². The van der Waals surface area contributed by atoms with Gasteiger partial charge in [0.05, 0.1) is 12.5 Å². The number of hydrogen-bond acceptors (Lipinski definition) is 3. The largest absolute Gasteiger partial charge is 0.497 e. The number of fused-ring (bicyclic) bond motifs is 2. The maximum Gasteiger partial charge on any atom is 0.235 e. The second kappa shape index (κ2) is 4.23. The van der Waals surface area contributed by atoms with Crippen LogP contribution in [0.5, 0.6) is 5.75 Å². The molecule has 1 spiro atoms. The molecular weight excluding hydrogens is 240 g/mol. The fourth-order valence-electron chi connectivity index (χ4n) is 3.40. The smallest absolute Gasteiger partial charge is 0.235 e. The molecule has 3 rings (SSSR count). The van der Waals surface area contributed by atoms with Crippen molar-refractivity contribution in [3.05, 3.63) is 23.3 Å². The number of anilines is 1. The molecule has 19 heavy (non-hydrogen) atoms. The number of methoxy groups -OCH3 is 1. The molecule has 0 atom stereocenters. The highest BCUT2D eigenvalue weighted by Crippen LogP contribution is 2.49. The highest BCUT2D eigenvalue weighted by molar-refractivity contribution is 6.07. The summed E-state index contributed by atoms with van der Waals surface area (Å²) in [5, 5.41) is 3.06. The molecule has 3 N–H and O–H groups in total. The summed E-state index contributed by atoms with van der Waals surface area (Å²) in [6.07, 6.45) is 3.48. The topological polar surface area (TPSA) is 64.3 Å². The van der Waals surface area contributed by atoms with Crippen LogP contribution in [-0.4, -0.2) is 19.1 Å². The molecule has 1 aromatic rings. The molecule has 1 saturated carbocycles. The van der Waals surface area contributed by atoms with Gasteiger partial charge in [0, 0.05) is 11.7 Å². The average Bonchev–Trinajstić information content (AvgIpc) is 2.67. The number of amides is 1. The molecule has 0 bridgehead atoms. The summed E-state index contributed by atoms with van der Waals surface area (Å²) in [7, 11) is 1.66. The number of rotatable bonds is 1. The van der Waals surface area contributed by atoms with Crippen molar-refractivity contribution in [2.45, 2.75) is 44.1 Å². The second-order valence-electron chi connectivity index (χ2n) is 5.74. The lowest BCUT2D eigenvalue weighted by Crippen LogP contribution is -2.41. The van der Waals surface area contributed by atoms with E-state index in [0.717, 1.165) is 48.2 Å². The van der Waals surface area contributed by atoms with Crippen LogP contribution in [0.1, 0.15) is 36.8 Å². The molecule has 2 aliphatic rings. The third-order valence-electron chi connectivity index (χ3n) is 4.62. The summed E-state index contributed by atoms with van der Waals surface area (Å²) in [5.74, 6) is 0.952. The lowest BCUT2D eigenvalue weighted by atomic mass is 9.69. The number of carbonyl (C=O) groups excluding carboxylic acids is 1. The Morgan fingerprint density at radius 1 is 1.37 bits per heavy atom. The number of aryl methyl sites for hydroxylation is 1. The van der Waals surface area contributed by atoms with Crippen molar-refractivity contribution in [3.8, 4) is 5.75 Å². The van der Waals surface area contributed by atoms with Crippen molar-refractivity contribution >= 4 is 11.6 Å². The van der Waals surface area contributed by atoms with E-state index in [2.05, 4.69) is 5.32 Å². The zero-order valence-electron chi connectivity index (χ0n) is 11.5. The molecule has 1 aliphatic carbocycles. The van der Waals surface area contributed by atoms with Gasteiger partial charge in [0.15, 0.2) is 0 Å². The number of hydrogen-bond donors (Lipinski definition) is 2. The molecule has 1 amide bonds. The Morgan fingerprint density at radius 2 is 2.05 bits per heavy atom. The van der Waals surface area contributed by atoms with Gasteiger partial charge < -0.3 is 15.8 Å². The first-order valence-corrected chi connectivity index (χ1v) is 6.83. The highest BCUT2D eigenvalue weighted by atomic mass is 16.5. The zero-order chi connectivity index (χ0) is 13.6. The zero-order valence-corrected chi connectivity index (χ0v) is 11.5. The Balaban J connectivity index is 2.10. The van der Waals surface area contributed by atoms with Crippen molar-refractivity contribution < 1.29 is 9.53 Å². The fourth-order valence-corrected chi connectivity index (χ4v) is 3.40. The number of carbonyl (C=O) groups is 1. The molecule has 102 valence electrons. The number of ether oxygens (including phenoxy) is 1. The quantitative estimate of drug-likeness (QED) is 0.812. The molecule has 0 radical (unpaired) electrons. The van der Waals surface area contributed by atoms with Crippen LogP contribution in [0.15, 0.2) is 12.1 Å². The van der Waals surface area contributed by atoms with E-state index >= 15 is 0 Å². The van der Waals surface area contributed by atoms with Gasteiger partial charge in [-0.15, -0.1) is 0 Å². The first-order valence-electron chi connectivity index (χ1n) is 6.83. The molecule has 1 aromatic carbocycles. The summed E-state index contributed by atoms with van der Waals surface area (Å²) >= 11 is 0. The van der Waals surface area contributed by atoms with Gasteiger partial charge in [0.1, 0.15) is 5.75 Å². The average molecular weight is 260 g/mol. The Kier molecular flexibility index (Phi) is 2.78. The van der Waals surface area contributed by atoms with Crippen LogP contribution in [0.3, 0.4) is 0 Å². The van der Waals surface area contributed by atoms with E-state index in [-0.39, 0.29) is 17.4 Å². The lowest BCUT2D eigenvalue weighted by Gasteiger charge is -2.34. The number of nitrogens with two attached hydrogens (primary N) is 1. The molecule has 0 saturated heterocycles. The molecule has 4 heteroatoms. The normalized spacial score (nSPS) is 29.2. The molecule has 1 aliphatic heterocycles. The van der Waals surface area contributed by atoms with Crippen molar-refractivity contribution in [2.24, 2.45) is 5.73 Å². The first-order chi connectivity index (χ1) is 9.06. The molecular formula is C15H20N2O2. The predicted molar refractivity (Wildman–Crippen MR) is 74.5 cm³/mol. The summed E-state index contributed by atoms with van der Waals surface area (Å²) in [6.45, 7) is 2.01. The molecule has 4 nitrogen and oxygen atoms in total. The monoisotopic (exact) mass is 260 g/mol. The Hall–Kier alpha value is -1.55. The maximum absolute atomic E-state index is 12.5. The van der Waals surface area contributed by atoms with Crippen molar-refractivity contribution in [1.29, 1.82) is 0 Å². The third kappa shape index (κ3) is 1.74. The van der Waals surface area contributed by atoms with E-state index < -0.39 is 0 Å². The number of benzene rings is 1. The molecule has 0 unspecified atom stereocenters. The molecule has 1 heterocycles. The van der Waals surface area contributed by atoms with Crippen LogP contribution < -0.4 is 15.8 Å². The van der Waals surface area contributed by atoms with Gasteiger partial charge in [-0.3, -0.25) is 4.79 Å². The molecule has 0 aromatic heterocycles. The summed E-state index contributed by atoms with van der Waals surface area (Å²) in [6, 6.07) is 4.21. The Morgan fingerprint density at radius 3 is 2.68 bits per heavy atom. The van der Waals surface area contributed by atoms with Crippen LogP contribution in [0, 0.1) is 6.92 Å². The highest BCUT2D eigenvalue weighted by Gasteiger charge is 2.48. The van der Waals surface area contributed by atoms with E-state index in [0.29, 0.717) is 0 Å². The van der Waals surface area contributed by atoms with Crippen molar-refractivity contribution in [3.63, 3.8) is 0 Å². The van der Waals surface area contributed by atoms with Gasteiger partial charge in [-0.1, -0.05) is 0 Å². The standard InChI is InChI=1S/C15H20N2O2/c1-9-7-11(19-2)8-12-13(9)17-14(18)15(12)5-3-10(16)4-6-15/h7-8,10H,3-6,16H2,1-2H3,(H,17,18). The van der Waals surface area contributed by atoms with E-state index in [4.69, 9.17) is 10.5 Å². The number of nitrogens with one attached hydrogen (secondary N) is 1. The Bertz CT molecular complexity index is 531. The summed E-state index contributed by atoms with van der Waals surface area (Å²) in [4.78, 5) is 12.5. The van der Waals surface area contributed by atoms with Gasteiger partial charge in [0.25, 0.3) is 0 Å². The van der Waals surface area contributed by atoms with Gasteiger partial charge in [-0.05, 0) is 55.9 Å². The second-order valence-corrected chi connectivity index (χ2v) is 5.74. The van der Waals surface area contributed by atoms with Crippen LogP contribution in [0.4, 0.5) is 5.69 Å². The SMILES string of the molecule is COc1cc(C)c2c(c1)C1(CCC(N)CC1)C(=O)N2. The fraction of sp³-hybridized carbons (Fsp3) is 0.533. The van der Waals surface area contributed by atoms with E-state index in [1.54, 1.807) is 7.11 Å². The lowest BCUT2D eigenvalue weighted by molar-refractivity contribution is -0.122. The van der Waals surface area contributed by atoms with Crippen molar-refractivity contribution in [1.82, 2.24) is 0 Å². The van der Waals surface area contributed by atoms with E-state index in [9.17, 15) is 4.79 Å². The van der Waals surface area contributed by atoms with Gasteiger partial charge in [-0.25, -0.2) is 0 Å². The van der Waals surface area contributed by atoms with Crippen LogP contribution >= 0.6 is 0 Å². The van der Waals surface area contributed by atoms with Crippen molar-refractivity contribution in [2.75, 3.05) is 12.4 Å². The van der Waals surface area contributed by atoms with Gasteiger partial charge in [-0.2, -0.15) is 0 Å². The minimum Gasteiger partial charge on any atom is -0.497 e. The Labute approximate surface area is 113 Å². The summed E-state index contributed by atoms with van der Waals surface area (Å²) < 4.78 is 5.35. The minimum atomic E-state index is -0.384. The van der Waals surface area contributed by atoms with E-state index in [1.807, 2.05) is 19.1 Å². The maximum atomic E-state index is 12.5. The van der Waals surface area contributed by atoms with E-state index in [1.165, 1.54) is 0 Å². The van der Waals surface area contributed by atoms with Gasteiger partial charge >= 0.3 is 0 Å². The first kappa shape index (κ1) is 12.5. The molecule has 1 fully saturated rings. The summed E-state index contributed by atoms with van der Waals surface area (Å²) in [5.41, 5.74) is 8.73. The third-order valence-corrected chi connectivity index (χ3v) is 4.62. The van der Waals surface area contributed by atoms with Gasteiger partial charge in [0.2, 0.25) is 5.91 Å². The van der Waals surface area contributed by atoms with Crippen LogP contribution in [0.2, 0.25) is 0 Å². The van der Waals surface area contributed by atoms with Crippen LogP contribution in [0.25, 0.3) is 0 Å². The predicted octanol–water partition coefficient (Wildman–Crippen LogP) is 2.09. The minimum absolute atomic E-state index is 0.130.